The number of carboxylic acid groups (broad SMARTS) is 1. The van der Waals surface area contributed by atoms with Crippen LogP contribution in [-0.4, -0.2) is 51.0 Å². The molecule has 3 aromatic rings. The Labute approximate surface area is 194 Å². The van der Waals surface area contributed by atoms with Gasteiger partial charge in [-0.2, -0.15) is 0 Å². The van der Waals surface area contributed by atoms with Crippen molar-refractivity contribution in [3.8, 4) is 5.75 Å². The van der Waals surface area contributed by atoms with Crippen molar-refractivity contribution < 1.29 is 23.8 Å². The van der Waals surface area contributed by atoms with E-state index in [1.807, 2.05) is 0 Å². The molecule has 0 spiro atoms. The predicted octanol–water partition coefficient (Wildman–Crippen LogP) is 4.75. The molecule has 0 saturated heterocycles. The number of carbonyl (C=O) groups excluding carboxylic acids is 1. The third-order valence-electron chi connectivity index (χ3n) is 6.06. The molecule has 2 atom stereocenters. The third-order valence-corrected chi connectivity index (χ3v) is 7.25. The van der Waals surface area contributed by atoms with Crippen molar-refractivity contribution in [2.45, 2.75) is 51.7 Å². The molecule has 1 amide bonds. The fraction of sp³-hybridized carbons (Fsp3) is 0.391. The molecular weight excluding hydrogens is 447 g/mol. The second-order valence-corrected chi connectivity index (χ2v) is 9.17. The maximum absolute atomic E-state index is 14.2. The molecule has 2 aromatic heterocycles. The van der Waals surface area contributed by atoms with Crippen molar-refractivity contribution in [3.05, 3.63) is 40.8 Å². The zero-order valence-electron chi connectivity index (χ0n) is 18.6. The maximum atomic E-state index is 14.2. The highest BCUT2D eigenvalue weighted by molar-refractivity contribution is 7.20. The van der Waals surface area contributed by atoms with Gasteiger partial charge in [0.1, 0.15) is 39.5 Å². The van der Waals surface area contributed by atoms with Crippen LogP contribution in [0.25, 0.3) is 10.2 Å². The van der Waals surface area contributed by atoms with Crippen LogP contribution in [0.5, 0.6) is 5.75 Å². The van der Waals surface area contributed by atoms with Crippen molar-refractivity contribution >= 4 is 44.9 Å². The number of anilines is 2. The number of nitrogens with zero attached hydrogens (tertiary/aromatic N) is 3. The minimum Gasteiger partial charge on any atom is -0.486 e. The van der Waals surface area contributed by atoms with Crippen LogP contribution < -0.4 is 10.1 Å². The number of nitrogens with one attached hydrogen (secondary N) is 1. The Hall–Kier alpha value is -3.27. The minimum atomic E-state index is -1.02. The molecule has 2 heterocycles. The zero-order valence-corrected chi connectivity index (χ0v) is 19.4. The number of likely N-dealkylation sites (N-methyl/N-ethyl adjacent to an activating group) is 1. The molecule has 1 saturated carbocycles. The van der Waals surface area contributed by atoms with Gasteiger partial charge in [-0.3, -0.25) is 4.79 Å². The lowest BCUT2D eigenvalue weighted by Gasteiger charge is -2.37. The van der Waals surface area contributed by atoms with Crippen LogP contribution in [-0.2, 0) is 4.79 Å². The number of fused-ring (bicyclic) bond motifs is 1. The van der Waals surface area contributed by atoms with E-state index in [9.17, 15) is 19.1 Å². The SMILES string of the molecule is CC(=O)N(C)[C@@H]1CCCC[C@H]1Oc1cc(F)ccc1Nc1ncnc2sc(C(=O)O)c(C)c12. The van der Waals surface area contributed by atoms with Crippen LogP contribution in [0, 0.1) is 12.7 Å². The first-order valence-electron chi connectivity index (χ1n) is 10.7. The molecule has 1 fully saturated rings. The molecule has 10 heteroatoms. The van der Waals surface area contributed by atoms with Gasteiger partial charge in [0, 0.05) is 20.0 Å². The zero-order chi connectivity index (χ0) is 23.7. The van der Waals surface area contributed by atoms with E-state index in [2.05, 4.69) is 15.3 Å². The summed E-state index contributed by atoms with van der Waals surface area (Å²) in [6.45, 7) is 3.24. The highest BCUT2D eigenvalue weighted by Gasteiger charge is 2.32. The van der Waals surface area contributed by atoms with E-state index in [1.54, 1.807) is 24.9 Å². The Balaban J connectivity index is 1.68. The Kier molecular flexibility index (Phi) is 6.46. The summed E-state index contributed by atoms with van der Waals surface area (Å²) in [6.07, 6.45) is 4.61. The Morgan fingerprint density at radius 2 is 2.03 bits per heavy atom. The van der Waals surface area contributed by atoms with E-state index < -0.39 is 11.8 Å². The average molecular weight is 473 g/mol. The van der Waals surface area contributed by atoms with Gasteiger partial charge >= 0.3 is 5.97 Å². The molecule has 0 aliphatic heterocycles. The highest BCUT2D eigenvalue weighted by atomic mass is 32.1. The molecule has 1 aliphatic carbocycles. The lowest BCUT2D eigenvalue weighted by Crippen LogP contribution is -2.48. The van der Waals surface area contributed by atoms with E-state index >= 15 is 0 Å². The summed E-state index contributed by atoms with van der Waals surface area (Å²) in [5.74, 6) is -0.792. The quantitative estimate of drug-likeness (QED) is 0.533. The summed E-state index contributed by atoms with van der Waals surface area (Å²) >= 11 is 1.08. The Morgan fingerprint density at radius 3 is 2.76 bits per heavy atom. The summed E-state index contributed by atoms with van der Waals surface area (Å²) in [6, 6.07) is 4.08. The second kappa shape index (κ2) is 9.30. The largest absolute Gasteiger partial charge is 0.486 e. The molecule has 0 radical (unpaired) electrons. The average Bonchev–Trinajstić information content (AvgIpc) is 3.13. The number of aromatic nitrogens is 2. The third kappa shape index (κ3) is 4.61. The van der Waals surface area contributed by atoms with Gasteiger partial charge in [-0.1, -0.05) is 6.42 Å². The van der Waals surface area contributed by atoms with Crippen LogP contribution in [0.4, 0.5) is 15.9 Å². The Bertz CT molecular complexity index is 1210. The first kappa shape index (κ1) is 22.9. The molecule has 33 heavy (non-hydrogen) atoms. The lowest BCUT2D eigenvalue weighted by molar-refractivity contribution is -0.132. The van der Waals surface area contributed by atoms with Gasteiger partial charge in [0.2, 0.25) is 5.91 Å². The second-order valence-electron chi connectivity index (χ2n) is 8.17. The molecule has 0 bridgehead atoms. The van der Waals surface area contributed by atoms with Crippen molar-refractivity contribution in [2.75, 3.05) is 12.4 Å². The van der Waals surface area contributed by atoms with Crippen LogP contribution in [0.3, 0.4) is 0 Å². The van der Waals surface area contributed by atoms with E-state index in [0.29, 0.717) is 33.0 Å². The lowest BCUT2D eigenvalue weighted by atomic mass is 9.91. The molecule has 0 unspecified atom stereocenters. The van der Waals surface area contributed by atoms with Crippen LogP contribution in [0.15, 0.2) is 24.5 Å². The number of ether oxygens (including phenoxy) is 1. The van der Waals surface area contributed by atoms with Crippen molar-refractivity contribution in [3.63, 3.8) is 0 Å². The number of carboxylic acids is 1. The predicted molar refractivity (Wildman–Crippen MR) is 124 cm³/mol. The van der Waals surface area contributed by atoms with E-state index in [4.69, 9.17) is 4.74 Å². The maximum Gasteiger partial charge on any atom is 0.346 e. The molecular formula is C23H25FN4O4S. The van der Waals surface area contributed by atoms with Gasteiger partial charge in [-0.05, 0) is 43.9 Å². The fourth-order valence-electron chi connectivity index (χ4n) is 4.25. The molecule has 4 rings (SSSR count). The molecule has 2 N–H and O–H groups in total. The van der Waals surface area contributed by atoms with E-state index in [-0.39, 0.29) is 22.9 Å². The molecule has 8 nitrogen and oxygen atoms in total. The molecule has 1 aromatic carbocycles. The molecule has 174 valence electrons. The summed E-state index contributed by atoms with van der Waals surface area (Å²) in [4.78, 5) is 34.4. The summed E-state index contributed by atoms with van der Waals surface area (Å²) < 4.78 is 20.4. The first-order chi connectivity index (χ1) is 15.8. The normalized spacial score (nSPS) is 18.2. The van der Waals surface area contributed by atoms with Gasteiger partial charge < -0.3 is 20.1 Å². The number of hydrogen-bond acceptors (Lipinski definition) is 7. The smallest absolute Gasteiger partial charge is 0.346 e. The number of aromatic carboxylic acids is 1. The standard InChI is InChI=1S/C23H25FN4O4S/c1-12-19-21(25-11-26-22(19)33-20(12)23(30)31)27-15-9-8-14(24)10-18(15)32-17-7-5-4-6-16(17)28(3)13(2)29/h8-11,16-17H,4-7H2,1-3H3,(H,30,31)(H,25,26,27)/t16-,17-/m1/s1. The topological polar surface area (TPSA) is 105 Å². The van der Waals surface area contributed by atoms with Crippen LogP contribution in [0.1, 0.15) is 47.8 Å². The number of aryl methyl sites for hydroxylation is 1. The monoisotopic (exact) mass is 472 g/mol. The summed E-state index contributed by atoms with van der Waals surface area (Å²) in [5, 5.41) is 13.2. The number of thiophene rings is 1. The number of amides is 1. The number of carbonyl (C=O) groups is 2. The van der Waals surface area contributed by atoms with Gasteiger partial charge in [0.15, 0.2) is 0 Å². The molecule has 1 aliphatic rings. The fourth-order valence-corrected chi connectivity index (χ4v) is 5.24. The van der Waals surface area contributed by atoms with Gasteiger partial charge in [-0.15, -0.1) is 11.3 Å². The van der Waals surface area contributed by atoms with Crippen LogP contribution in [0.2, 0.25) is 0 Å². The first-order valence-corrected chi connectivity index (χ1v) is 11.5. The van der Waals surface area contributed by atoms with Crippen molar-refractivity contribution in [1.29, 1.82) is 0 Å². The summed E-state index contributed by atoms with van der Waals surface area (Å²) in [7, 11) is 1.76. The van der Waals surface area contributed by atoms with Gasteiger partial charge in [0.25, 0.3) is 0 Å². The summed E-state index contributed by atoms with van der Waals surface area (Å²) in [5.41, 5.74) is 1.05. The van der Waals surface area contributed by atoms with E-state index in [1.165, 1.54) is 25.4 Å². The van der Waals surface area contributed by atoms with Gasteiger partial charge in [-0.25, -0.2) is 19.2 Å². The van der Waals surface area contributed by atoms with E-state index in [0.717, 1.165) is 37.0 Å². The van der Waals surface area contributed by atoms with Gasteiger partial charge in [0.05, 0.1) is 17.1 Å². The highest BCUT2D eigenvalue weighted by Crippen LogP contribution is 2.37. The number of hydrogen-bond donors (Lipinski definition) is 2. The number of benzene rings is 1. The minimum absolute atomic E-state index is 0.0429. The van der Waals surface area contributed by atoms with Crippen molar-refractivity contribution in [2.24, 2.45) is 0 Å². The van der Waals surface area contributed by atoms with Crippen LogP contribution >= 0.6 is 11.3 Å². The number of halogens is 1. The Morgan fingerprint density at radius 1 is 1.27 bits per heavy atom. The van der Waals surface area contributed by atoms with Crippen molar-refractivity contribution in [1.82, 2.24) is 14.9 Å². The number of rotatable bonds is 6.